The first-order valence-corrected chi connectivity index (χ1v) is 8.40. The average Bonchev–Trinajstić information content (AvgIpc) is 2.88. The molecule has 0 unspecified atom stereocenters. The molecule has 2 aromatic heterocycles. The van der Waals surface area contributed by atoms with Crippen molar-refractivity contribution in [2.24, 2.45) is 0 Å². The molecule has 0 aliphatic rings. The Bertz CT molecular complexity index is 601. The fraction of sp³-hybridized carbons (Fsp3) is 0.500. The average molecular weight is 311 g/mol. The van der Waals surface area contributed by atoms with Crippen molar-refractivity contribution >= 4 is 45.2 Å². The zero-order valence-corrected chi connectivity index (χ0v) is 13.3. The van der Waals surface area contributed by atoms with E-state index in [9.17, 15) is 4.79 Å². The molecule has 0 bridgehead atoms. The summed E-state index contributed by atoms with van der Waals surface area (Å²) in [6, 6.07) is 0. The van der Waals surface area contributed by atoms with Crippen molar-refractivity contribution in [1.29, 1.82) is 0 Å². The number of hydrogen-bond donors (Lipinski definition) is 1. The van der Waals surface area contributed by atoms with Crippen molar-refractivity contribution in [2.75, 3.05) is 30.8 Å². The van der Waals surface area contributed by atoms with E-state index < -0.39 is 0 Å². The van der Waals surface area contributed by atoms with E-state index in [1.807, 2.05) is 25.0 Å². The molecular formula is C12H17N5OS2. The molecule has 0 aliphatic heterocycles. The minimum atomic E-state index is -0.00397. The number of amides is 1. The first kappa shape index (κ1) is 15.0. The van der Waals surface area contributed by atoms with Crippen molar-refractivity contribution in [3.8, 4) is 0 Å². The molecule has 0 radical (unpaired) electrons. The highest BCUT2D eigenvalue weighted by Gasteiger charge is 2.17. The van der Waals surface area contributed by atoms with Crippen molar-refractivity contribution in [3.05, 3.63) is 6.33 Å². The molecule has 0 aliphatic carbocycles. The minimum absolute atomic E-state index is 0.00397. The van der Waals surface area contributed by atoms with Crippen LogP contribution in [0.15, 0.2) is 10.7 Å². The summed E-state index contributed by atoms with van der Waals surface area (Å²) in [5.41, 5.74) is 0.693. The van der Waals surface area contributed by atoms with E-state index in [4.69, 9.17) is 0 Å². The van der Waals surface area contributed by atoms with Gasteiger partial charge in [-0.15, -0.1) is 11.3 Å². The molecule has 0 aromatic carbocycles. The highest BCUT2D eigenvalue weighted by Crippen LogP contribution is 2.32. The van der Waals surface area contributed by atoms with Crippen molar-refractivity contribution in [2.45, 2.75) is 18.2 Å². The van der Waals surface area contributed by atoms with Gasteiger partial charge in [-0.05, 0) is 20.1 Å². The molecule has 0 fully saturated rings. The molecule has 1 N–H and O–H groups in total. The van der Waals surface area contributed by atoms with Crippen molar-refractivity contribution < 1.29 is 4.79 Å². The van der Waals surface area contributed by atoms with Gasteiger partial charge in [0.15, 0.2) is 15.8 Å². The van der Waals surface area contributed by atoms with Crippen LogP contribution in [0.25, 0.3) is 10.3 Å². The van der Waals surface area contributed by atoms with E-state index in [2.05, 4.69) is 20.3 Å². The molecule has 2 rings (SSSR count). The molecule has 108 valence electrons. The second-order valence-electron chi connectivity index (χ2n) is 4.00. The maximum Gasteiger partial charge on any atom is 0.239 e. The Morgan fingerprint density at radius 1 is 1.45 bits per heavy atom. The molecule has 1 amide bonds. The maximum absolute atomic E-state index is 11.8. The third-order valence-electron chi connectivity index (χ3n) is 2.72. The van der Waals surface area contributed by atoms with Crippen LogP contribution in [-0.4, -0.2) is 46.7 Å². The van der Waals surface area contributed by atoms with Crippen LogP contribution in [0.5, 0.6) is 0 Å². The quantitative estimate of drug-likeness (QED) is 0.820. The van der Waals surface area contributed by atoms with Gasteiger partial charge in [0.2, 0.25) is 5.91 Å². The number of carbonyl (C=O) groups excluding carboxylic acids is 1. The SMILES string of the molecule is CCNC(=O)CN(CC)c1ncnc2nc(SC)sc12. The first-order valence-electron chi connectivity index (χ1n) is 6.36. The summed E-state index contributed by atoms with van der Waals surface area (Å²) in [7, 11) is 0. The van der Waals surface area contributed by atoms with Gasteiger partial charge in [0, 0.05) is 13.1 Å². The van der Waals surface area contributed by atoms with Gasteiger partial charge in [-0.25, -0.2) is 15.0 Å². The van der Waals surface area contributed by atoms with E-state index in [1.54, 1.807) is 23.1 Å². The van der Waals surface area contributed by atoms with Crippen LogP contribution in [0.2, 0.25) is 0 Å². The number of anilines is 1. The lowest BCUT2D eigenvalue weighted by Gasteiger charge is -2.21. The zero-order chi connectivity index (χ0) is 14.5. The Hall–Kier alpha value is -1.41. The fourth-order valence-electron chi connectivity index (χ4n) is 1.80. The lowest BCUT2D eigenvalue weighted by Crippen LogP contribution is -2.37. The summed E-state index contributed by atoms with van der Waals surface area (Å²) in [5, 5.41) is 2.80. The Morgan fingerprint density at radius 3 is 2.90 bits per heavy atom. The van der Waals surface area contributed by atoms with Crippen LogP contribution in [-0.2, 0) is 4.79 Å². The number of thiazole rings is 1. The number of aromatic nitrogens is 3. The summed E-state index contributed by atoms with van der Waals surface area (Å²) in [5.74, 6) is 0.775. The highest BCUT2D eigenvalue weighted by molar-refractivity contribution is 8.00. The van der Waals surface area contributed by atoms with Crippen LogP contribution in [0.3, 0.4) is 0 Å². The summed E-state index contributed by atoms with van der Waals surface area (Å²) >= 11 is 3.15. The van der Waals surface area contributed by atoms with Gasteiger partial charge < -0.3 is 10.2 Å². The first-order chi connectivity index (χ1) is 9.69. The molecule has 6 nitrogen and oxygen atoms in total. The number of hydrogen-bond acceptors (Lipinski definition) is 7. The number of carbonyl (C=O) groups is 1. The van der Waals surface area contributed by atoms with Crippen LogP contribution >= 0.6 is 23.1 Å². The third kappa shape index (κ3) is 3.18. The largest absolute Gasteiger partial charge is 0.355 e. The number of nitrogens with one attached hydrogen (secondary N) is 1. The summed E-state index contributed by atoms with van der Waals surface area (Å²) in [6.07, 6.45) is 3.49. The zero-order valence-electron chi connectivity index (χ0n) is 11.7. The van der Waals surface area contributed by atoms with E-state index in [0.29, 0.717) is 25.3 Å². The van der Waals surface area contributed by atoms with Crippen LogP contribution in [0, 0.1) is 0 Å². The number of likely N-dealkylation sites (N-methyl/N-ethyl adjacent to an activating group) is 2. The molecule has 2 aromatic rings. The molecular weight excluding hydrogens is 294 g/mol. The maximum atomic E-state index is 11.8. The van der Waals surface area contributed by atoms with Crippen molar-refractivity contribution in [3.63, 3.8) is 0 Å². The molecule has 0 saturated carbocycles. The van der Waals surface area contributed by atoms with E-state index in [1.165, 1.54) is 6.33 Å². The van der Waals surface area contributed by atoms with Gasteiger partial charge >= 0.3 is 0 Å². The molecule has 20 heavy (non-hydrogen) atoms. The van der Waals surface area contributed by atoms with Crippen molar-refractivity contribution in [1.82, 2.24) is 20.3 Å². The normalized spacial score (nSPS) is 10.8. The summed E-state index contributed by atoms with van der Waals surface area (Å²) in [6.45, 7) is 5.54. The molecule has 8 heteroatoms. The summed E-state index contributed by atoms with van der Waals surface area (Å²) in [4.78, 5) is 26.7. The van der Waals surface area contributed by atoms with Gasteiger partial charge in [-0.2, -0.15) is 0 Å². The van der Waals surface area contributed by atoms with E-state index >= 15 is 0 Å². The molecule has 2 heterocycles. The second-order valence-corrected chi connectivity index (χ2v) is 6.05. The topological polar surface area (TPSA) is 71.0 Å². The van der Waals surface area contributed by atoms with E-state index in [0.717, 1.165) is 14.9 Å². The second kappa shape index (κ2) is 6.85. The fourth-order valence-corrected chi connectivity index (χ4v) is 3.33. The number of nitrogens with zero attached hydrogens (tertiary/aromatic N) is 4. The Kier molecular flexibility index (Phi) is 5.13. The number of fused-ring (bicyclic) bond motifs is 1. The Balaban J connectivity index is 2.33. The monoisotopic (exact) mass is 311 g/mol. The predicted octanol–water partition coefficient (Wildman–Crippen LogP) is 1.77. The highest BCUT2D eigenvalue weighted by atomic mass is 32.2. The third-order valence-corrected chi connectivity index (χ3v) is 4.74. The molecule has 0 saturated heterocycles. The van der Waals surface area contributed by atoms with Crippen LogP contribution in [0.1, 0.15) is 13.8 Å². The standard InChI is InChI=1S/C12H17N5OS2/c1-4-13-8(18)6-17(5-2)11-9-10(14-7-15-11)16-12(19-3)20-9/h7H,4-6H2,1-3H3,(H,13,18). The van der Waals surface area contributed by atoms with Gasteiger partial charge in [0.25, 0.3) is 0 Å². The lowest BCUT2D eigenvalue weighted by molar-refractivity contribution is -0.119. The minimum Gasteiger partial charge on any atom is -0.355 e. The van der Waals surface area contributed by atoms with Crippen LogP contribution in [0.4, 0.5) is 5.82 Å². The summed E-state index contributed by atoms with van der Waals surface area (Å²) < 4.78 is 1.89. The van der Waals surface area contributed by atoms with Gasteiger partial charge in [-0.1, -0.05) is 11.8 Å². The van der Waals surface area contributed by atoms with Gasteiger partial charge in [0.05, 0.1) is 6.54 Å². The number of rotatable bonds is 6. The van der Waals surface area contributed by atoms with Gasteiger partial charge in [0.1, 0.15) is 11.0 Å². The Labute approximate surface area is 126 Å². The van der Waals surface area contributed by atoms with Crippen LogP contribution < -0.4 is 10.2 Å². The molecule has 0 spiro atoms. The molecule has 0 atom stereocenters. The van der Waals surface area contributed by atoms with Gasteiger partial charge in [-0.3, -0.25) is 4.79 Å². The predicted molar refractivity (Wildman–Crippen MR) is 83.6 cm³/mol. The Morgan fingerprint density at radius 2 is 2.25 bits per heavy atom. The lowest BCUT2D eigenvalue weighted by atomic mass is 10.4. The smallest absolute Gasteiger partial charge is 0.239 e. The van der Waals surface area contributed by atoms with E-state index in [-0.39, 0.29) is 5.91 Å². The number of thioether (sulfide) groups is 1.